The summed E-state index contributed by atoms with van der Waals surface area (Å²) in [7, 11) is 0. The number of benzene rings is 1. The van der Waals surface area contributed by atoms with E-state index < -0.39 is 12.1 Å². The van der Waals surface area contributed by atoms with E-state index in [9.17, 15) is 18.0 Å². The first kappa shape index (κ1) is 15.6. The zero-order chi connectivity index (χ0) is 14.8. The van der Waals surface area contributed by atoms with E-state index >= 15 is 0 Å². The minimum atomic E-state index is -4.16. The Morgan fingerprint density at radius 1 is 1.30 bits per heavy atom. The first-order chi connectivity index (χ1) is 9.36. The second-order valence-electron chi connectivity index (χ2n) is 5.09. The SMILES string of the molecule is O=C(NC1CCCC(C(F)(F)F)C1)c1cccc(I)c1. The van der Waals surface area contributed by atoms with Gasteiger partial charge in [-0.25, -0.2) is 0 Å². The van der Waals surface area contributed by atoms with Crippen LogP contribution in [0.5, 0.6) is 0 Å². The third-order valence-electron chi connectivity index (χ3n) is 3.56. The Labute approximate surface area is 129 Å². The van der Waals surface area contributed by atoms with Crippen LogP contribution < -0.4 is 5.32 Å². The molecule has 2 atom stereocenters. The number of amides is 1. The molecule has 0 bridgehead atoms. The van der Waals surface area contributed by atoms with Crippen molar-refractivity contribution in [2.75, 3.05) is 0 Å². The largest absolute Gasteiger partial charge is 0.391 e. The van der Waals surface area contributed by atoms with Crippen LogP contribution in [0.4, 0.5) is 13.2 Å². The summed E-state index contributed by atoms with van der Waals surface area (Å²) < 4.78 is 39.1. The van der Waals surface area contributed by atoms with E-state index in [4.69, 9.17) is 0 Å². The van der Waals surface area contributed by atoms with Crippen molar-refractivity contribution >= 4 is 28.5 Å². The highest BCUT2D eigenvalue weighted by atomic mass is 127. The van der Waals surface area contributed by atoms with E-state index in [0.717, 1.165) is 3.57 Å². The lowest BCUT2D eigenvalue weighted by atomic mass is 9.85. The van der Waals surface area contributed by atoms with Crippen LogP contribution in [-0.4, -0.2) is 18.1 Å². The minimum absolute atomic E-state index is 0.0147. The summed E-state index contributed by atoms with van der Waals surface area (Å²) in [6, 6.07) is 6.62. The molecule has 0 aromatic heterocycles. The molecule has 20 heavy (non-hydrogen) atoms. The Hall–Kier alpha value is -0.790. The van der Waals surface area contributed by atoms with Gasteiger partial charge >= 0.3 is 6.18 Å². The number of nitrogens with one attached hydrogen (secondary N) is 1. The summed E-state index contributed by atoms with van der Waals surface area (Å²) in [5.74, 6) is -1.59. The predicted molar refractivity (Wildman–Crippen MR) is 78.4 cm³/mol. The molecule has 2 unspecified atom stereocenters. The third-order valence-corrected chi connectivity index (χ3v) is 4.23. The lowest BCUT2D eigenvalue weighted by Gasteiger charge is -2.31. The highest BCUT2D eigenvalue weighted by Crippen LogP contribution is 2.37. The number of carbonyl (C=O) groups is 1. The summed E-state index contributed by atoms with van der Waals surface area (Å²) in [5, 5.41) is 2.72. The van der Waals surface area contributed by atoms with Gasteiger partial charge in [-0.3, -0.25) is 4.79 Å². The molecule has 1 aromatic carbocycles. The van der Waals surface area contributed by atoms with Crippen LogP contribution >= 0.6 is 22.6 Å². The molecule has 1 aromatic rings. The molecule has 1 aliphatic carbocycles. The van der Waals surface area contributed by atoms with Crippen LogP contribution in [0.3, 0.4) is 0 Å². The number of hydrogen-bond acceptors (Lipinski definition) is 1. The van der Waals surface area contributed by atoms with E-state index in [0.29, 0.717) is 18.4 Å². The summed E-state index contributed by atoms with van der Waals surface area (Å²) in [5.41, 5.74) is 0.492. The number of alkyl halides is 3. The molecule has 0 spiro atoms. The summed E-state index contributed by atoms with van der Waals surface area (Å²) in [6.07, 6.45) is -2.90. The maximum atomic E-state index is 12.7. The van der Waals surface area contributed by atoms with Gasteiger partial charge < -0.3 is 5.32 Å². The minimum Gasteiger partial charge on any atom is -0.349 e. The molecule has 1 fully saturated rings. The van der Waals surface area contributed by atoms with Crippen LogP contribution in [-0.2, 0) is 0 Å². The number of halogens is 4. The van der Waals surface area contributed by atoms with Gasteiger partial charge in [0.2, 0.25) is 0 Å². The van der Waals surface area contributed by atoms with Crippen LogP contribution in [0.15, 0.2) is 24.3 Å². The Morgan fingerprint density at radius 2 is 2.05 bits per heavy atom. The number of carbonyl (C=O) groups excluding carboxylic acids is 1. The standard InChI is InChI=1S/C14H15F3INO/c15-14(16,17)10-4-2-6-12(8-10)19-13(20)9-3-1-5-11(18)7-9/h1,3,5,7,10,12H,2,4,6,8H2,(H,19,20). The molecule has 1 amide bonds. The molecule has 0 saturated heterocycles. The maximum absolute atomic E-state index is 12.7. The average molecular weight is 397 g/mol. The van der Waals surface area contributed by atoms with Crippen molar-refractivity contribution in [1.29, 1.82) is 0 Å². The van der Waals surface area contributed by atoms with Crippen LogP contribution in [0.1, 0.15) is 36.0 Å². The predicted octanol–water partition coefficient (Wildman–Crippen LogP) is 4.14. The summed E-state index contributed by atoms with van der Waals surface area (Å²) in [4.78, 5) is 12.0. The molecule has 1 saturated carbocycles. The van der Waals surface area contributed by atoms with Crippen molar-refractivity contribution in [2.45, 2.75) is 37.9 Å². The highest BCUT2D eigenvalue weighted by Gasteiger charge is 2.42. The van der Waals surface area contributed by atoms with Crippen LogP contribution in [0, 0.1) is 9.49 Å². The average Bonchev–Trinajstić information content (AvgIpc) is 2.38. The fraction of sp³-hybridized carbons (Fsp3) is 0.500. The molecule has 0 radical (unpaired) electrons. The normalized spacial score (nSPS) is 23.4. The molecule has 0 heterocycles. The Kier molecular flexibility index (Phi) is 4.93. The van der Waals surface area contributed by atoms with Gasteiger partial charge in [-0.2, -0.15) is 13.2 Å². The van der Waals surface area contributed by atoms with Gasteiger partial charge in [-0.1, -0.05) is 12.5 Å². The quantitative estimate of drug-likeness (QED) is 0.747. The molecular formula is C14H15F3INO. The highest BCUT2D eigenvalue weighted by molar-refractivity contribution is 14.1. The first-order valence-corrected chi connectivity index (χ1v) is 7.57. The molecule has 110 valence electrons. The third kappa shape index (κ3) is 4.10. The first-order valence-electron chi connectivity index (χ1n) is 6.49. The van der Waals surface area contributed by atoms with Crippen molar-refractivity contribution in [3.8, 4) is 0 Å². The molecule has 1 aliphatic rings. The van der Waals surface area contributed by atoms with Crippen molar-refractivity contribution in [3.05, 3.63) is 33.4 Å². The molecule has 1 N–H and O–H groups in total. The van der Waals surface area contributed by atoms with Crippen molar-refractivity contribution in [1.82, 2.24) is 5.32 Å². The summed E-state index contributed by atoms with van der Waals surface area (Å²) in [6.45, 7) is 0. The molecule has 6 heteroatoms. The van der Waals surface area contributed by atoms with Gasteiger partial charge in [0.25, 0.3) is 5.91 Å². The van der Waals surface area contributed by atoms with Crippen molar-refractivity contribution in [2.24, 2.45) is 5.92 Å². The van der Waals surface area contributed by atoms with Crippen molar-refractivity contribution in [3.63, 3.8) is 0 Å². The Morgan fingerprint density at radius 3 is 2.70 bits per heavy atom. The second kappa shape index (κ2) is 6.32. The van der Waals surface area contributed by atoms with Gasteiger partial charge in [0.05, 0.1) is 5.92 Å². The van der Waals surface area contributed by atoms with E-state index in [2.05, 4.69) is 27.9 Å². The van der Waals surface area contributed by atoms with Gasteiger partial charge in [0.1, 0.15) is 0 Å². The van der Waals surface area contributed by atoms with Crippen LogP contribution in [0.25, 0.3) is 0 Å². The lowest BCUT2D eigenvalue weighted by molar-refractivity contribution is -0.183. The fourth-order valence-electron chi connectivity index (χ4n) is 2.52. The molecule has 0 aliphatic heterocycles. The van der Waals surface area contributed by atoms with E-state index in [1.165, 1.54) is 0 Å². The molecular weight excluding hydrogens is 382 g/mol. The molecule has 2 nitrogen and oxygen atoms in total. The maximum Gasteiger partial charge on any atom is 0.391 e. The van der Waals surface area contributed by atoms with Gasteiger partial charge in [-0.05, 0) is 60.1 Å². The number of hydrogen-bond donors (Lipinski definition) is 1. The fourth-order valence-corrected chi connectivity index (χ4v) is 3.06. The zero-order valence-corrected chi connectivity index (χ0v) is 12.9. The van der Waals surface area contributed by atoms with Gasteiger partial charge in [0.15, 0.2) is 0 Å². The summed E-state index contributed by atoms with van der Waals surface area (Å²) >= 11 is 2.09. The van der Waals surface area contributed by atoms with Crippen LogP contribution in [0.2, 0.25) is 0 Å². The van der Waals surface area contributed by atoms with Gasteiger partial charge in [0, 0.05) is 15.2 Å². The Bertz CT molecular complexity index is 490. The van der Waals surface area contributed by atoms with E-state index in [-0.39, 0.29) is 24.8 Å². The monoisotopic (exact) mass is 397 g/mol. The number of rotatable bonds is 2. The lowest BCUT2D eigenvalue weighted by Crippen LogP contribution is -2.41. The van der Waals surface area contributed by atoms with E-state index in [1.54, 1.807) is 18.2 Å². The zero-order valence-electron chi connectivity index (χ0n) is 10.7. The van der Waals surface area contributed by atoms with Crippen molar-refractivity contribution < 1.29 is 18.0 Å². The molecule has 2 rings (SSSR count). The smallest absolute Gasteiger partial charge is 0.349 e. The van der Waals surface area contributed by atoms with Gasteiger partial charge in [-0.15, -0.1) is 0 Å². The topological polar surface area (TPSA) is 29.1 Å². The second-order valence-corrected chi connectivity index (χ2v) is 6.33. The Balaban J connectivity index is 1.98. The van der Waals surface area contributed by atoms with E-state index in [1.807, 2.05) is 6.07 Å².